The second-order valence-electron chi connectivity index (χ2n) is 14.5. The SMILES string of the molecule is CC1(C)c2ccccc2-c2c(N(c3cc(-c4ccccc4)c4c(c3)-c3ccccc3C4(C)C)c3ccccc3-c3ccccc3)cccc21. The molecule has 0 saturated heterocycles. The van der Waals surface area contributed by atoms with Gasteiger partial charge in [-0.25, -0.2) is 0 Å². The fourth-order valence-corrected chi connectivity index (χ4v) is 8.74. The monoisotopic (exact) mass is 629 g/mol. The third-order valence-corrected chi connectivity index (χ3v) is 11.0. The summed E-state index contributed by atoms with van der Waals surface area (Å²) in [7, 11) is 0. The number of benzene rings is 7. The molecule has 1 nitrogen and oxygen atoms in total. The number of hydrogen-bond acceptors (Lipinski definition) is 1. The number of fused-ring (bicyclic) bond motifs is 6. The maximum Gasteiger partial charge on any atom is 0.0543 e. The Morgan fingerprint density at radius 1 is 0.367 bits per heavy atom. The van der Waals surface area contributed by atoms with Gasteiger partial charge in [0.15, 0.2) is 0 Å². The molecule has 0 N–H and O–H groups in total. The molecule has 0 aromatic heterocycles. The highest BCUT2D eigenvalue weighted by Crippen LogP contribution is 2.58. The molecule has 2 aliphatic carbocycles. The molecule has 0 heterocycles. The molecule has 0 bridgehead atoms. The summed E-state index contributed by atoms with van der Waals surface area (Å²) in [5, 5.41) is 0. The molecule has 0 radical (unpaired) electrons. The average Bonchev–Trinajstić information content (AvgIpc) is 3.53. The number of anilines is 3. The molecule has 0 spiro atoms. The van der Waals surface area contributed by atoms with Crippen molar-refractivity contribution in [3.05, 3.63) is 186 Å². The number of nitrogens with zero attached hydrogens (tertiary/aromatic N) is 1. The summed E-state index contributed by atoms with van der Waals surface area (Å²) in [6.07, 6.45) is 0. The van der Waals surface area contributed by atoms with Crippen molar-refractivity contribution in [2.45, 2.75) is 38.5 Å². The summed E-state index contributed by atoms with van der Waals surface area (Å²) in [5.41, 5.74) is 19.0. The lowest BCUT2D eigenvalue weighted by Gasteiger charge is -2.32. The predicted octanol–water partition coefficient (Wildman–Crippen LogP) is 13.1. The second kappa shape index (κ2) is 10.9. The van der Waals surface area contributed by atoms with E-state index in [-0.39, 0.29) is 10.8 Å². The highest BCUT2D eigenvalue weighted by Gasteiger charge is 2.40. The van der Waals surface area contributed by atoms with Crippen molar-refractivity contribution in [1.82, 2.24) is 0 Å². The molecule has 1 heteroatoms. The highest BCUT2D eigenvalue weighted by molar-refractivity contribution is 6.00. The Kier molecular flexibility index (Phi) is 6.58. The van der Waals surface area contributed by atoms with Crippen LogP contribution in [0.1, 0.15) is 49.9 Å². The zero-order valence-corrected chi connectivity index (χ0v) is 28.5. The van der Waals surface area contributed by atoms with E-state index in [1.54, 1.807) is 0 Å². The normalized spacial score (nSPS) is 14.4. The van der Waals surface area contributed by atoms with Crippen LogP contribution in [-0.2, 0) is 10.8 Å². The van der Waals surface area contributed by atoms with Crippen molar-refractivity contribution in [3.63, 3.8) is 0 Å². The highest BCUT2D eigenvalue weighted by atomic mass is 15.1. The van der Waals surface area contributed by atoms with Gasteiger partial charge < -0.3 is 4.90 Å². The van der Waals surface area contributed by atoms with Crippen LogP contribution >= 0.6 is 0 Å². The smallest absolute Gasteiger partial charge is 0.0543 e. The first-order valence-electron chi connectivity index (χ1n) is 17.4. The second-order valence-corrected chi connectivity index (χ2v) is 14.5. The molecular formula is C48H39N. The van der Waals surface area contributed by atoms with Crippen molar-refractivity contribution < 1.29 is 0 Å². The molecule has 0 fully saturated rings. The Labute approximate surface area is 290 Å². The Balaban J connectivity index is 1.41. The van der Waals surface area contributed by atoms with Gasteiger partial charge >= 0.3 is 0 Å². The van der Waals surface area contributed by atoms with Gasteiger partial charge in [-0.05, 0) is 79.9 Å². The molecule has 7 aromatic rings. The minimum absolute atomic E-state index is 0.108. The molecule has 0 amide bonds. The van der Waals surface area contributed by atoms with Gasteiger partial charge in [-0.1, -0.05) is 167 Å². The summed E-state index contributed by atoms with van der Waals surface area (Å²) >= 11 is 0. The van der Waals surface area contributed by atoms with Crippen molar-refractivity contribution in [3.8, 4) is 44.5 Å². The number of hydrogen-bond donors (Lipinski definition) is 0. The molecular weight excluding hydrogens is 591 g/mol. The van der Waals surface area contributed by atoms with Crippen molar-refractivity contribution in [1.29, 1.82) is 0 Å². The third-order valence-electron chi connectivity index (χ3n) is 11.0. The zero-order chi connectivity index (χ0) is 33.3. The van der Waals surface area contributed by atoms with Gasteiger partial charge in [-0.15, -0.1) is 0 Å². The lowest BCUT2D eigenvalue weighted by molar-refractivity contribution is 0.660. The quantitative estimate of drug-likeness (QED) is 0.183. The molecule has 7 aromatic carbocycles. The minimum atomic E-state index is -0.140. The van der Waals surface area contributed by atoms with E-state index in [1.807, 2.05) is 0 Å². The Hall–Kier alpha value is -5.66. The molecule has 0 aliphatic heterocycles. The van der Waals surface area contributed by atoms with E-state index in [4.69, 9.17) is 0 Å². The Morgan fingerprint density at radius 3 is 1.55 bits per heavy atom. The van der Waals surface area contributed by atoms with Crippen LogP contribution in [0.5, 0.6) is 0 Å². The van der Waals surface area contributed by atoms with E-state index >= 15 is 0 Å². The van der Waals surface area contributed by atoms with E-state index < -0.39 is 0 Å². The molecule has 2 aliphatic rings. The maximum atomic E-state index is 2.54. The zero-order valence-electron chi connectivity index (χ0n) is 28.5. The summed E-state index contributed by atoms with van der Waals surface area (Å²) in [6.45, 7) is 9.50. The van der Waals surface area contributed by atoms with Gasteiger partial charge in [0.05, 0.1) is 11.4 Å². The topological polar surface area (TPSA) is 3.24 Å². The van der Waals surface area contributed by atoms with Crippen LogP contribution in [-0.4, -0.2) is 0 Å². The van der Waals surface area contributed by atoms with Crippen LogP contribution in [0.15, 0.2) is 164 Å². The maximum absolute atomic E-state index is 2.54. The molecule has 49 heavy (non-hydrogen) atoms. The fraction of sp³-hybridized carbons (Fsp3) is 0.125. The molecule has 0 saturated carbocycles. The van der Waals surface area contributed by atoms with E-state index in [1.165, 1.54) is 72.4 Å². The molecule has 9 rings (SSSR count). The third kappa shape index (κ3) is 4.39. The van der Waals surface area contributed by atoms with E-state index in [0.29, 0.717) is 0 Å². The Morgan fingerprint density at radius 2 is 0.857 bits per heavy atom. The first kappa shape index (κ1) is 29.5. The van der Waals surface area contributed by atoms with E-state index in [2.05, 4.69) is 196 Å². The van der Waals surface area contributed by atoms with Crippen molar-refractivity contribution in [2.75, 3.05) is 4.90 Å². The van der Waals surface area contributed by atoms with Crippen LogP contribution < -0.4 is 4.90 Å². The summed E-state index contributed by atoms with van der Waals surface area (Å²) in [4.78, 5) is 2.54. The van der Waals surface area contributed by atoms with Crippen molar-refractivity contribution >= 4 is 17.1 Å². The van der Waals surface area contributed by atoms with E-state index in [0.717, 1.165) is 11.4 Å². The fourth-order valence-electron chi connectivity index (χ4n) is 8.74. The van der Waals surface area contributed by atoms with E-state index in [9.17, 15) is 0 Å². The van der Waals surface area contributed by atoms with Crippen LogP contribution in [0.3, 0.4) is 0 Å². The van der Waals surface area contributed by atoms with Gasteiger partial charge in [0, 0.05) is 27.6 Å². The molecule has 236 valence electrons. The lowest BCUT2D eigenvalue weighted by Crippen LogP contribution is -2.18. The standard InChI is InChI=1S/C48H39N/c1-47(2)41-26-15-12-24-37(41)45-42(47)27-17-29-44(45)49(43-28-16-13-22-35(43)32-18-7-5-8-19-32)34-30-38(33-20-9-6-10-21-33)46-39(31-34)36-23-11-14-25-40(36)48(46,3)4/h5-31H,1-4H3. The molecule has 0 atom stereocenters. The average molecular weight is 630 g/mol. The number of para-hydroxylation sites is 1. The lowest BCUT2D eigenvalue weighted by atomic mass is 9.78. The van der Waals surface area contributed by atoms with Gasteiger partial charge in [0.2, 0.25) is 0 Å². The van der Waals surface area contributed by atoms with Gasteiger partial charge in [-0.2, -0.15) is 0 Å². The van der Waals surface area contributed by atoms with Crippen LogP contribution in [0.2, 0.25) is 0 Å². The number of rotatable bonds is 5. The Bertz CT molecular complexity index is 2380. The van der Waals surface area contributed by atoms with Gasteiger partial charge in [0.25, 0.3) is 0 Å². The largest absolute Gasteiger partial charge is 0.309 e. The predicted molar refractivity (Wildman–Crippen MR) is 207 cm³/mol. The summed E-state index contributed by atoms with van der Waals surface area (Å²) < 4.78 is 0. The van der Waals surface area contributed by atoms with Crippen LogP contribution in [0.4, 0.5) is 17.1 Å². The van der Waals surface area contributed by atoms with Crippen LogP contribution in [0.25, 0.3) is 44.5 Å². The minimum Gasteiger partial charge on any atom is -0.309 e. The molecule has 0 unspecified atom stereocenters. The summed E-state index contributed by atoms with van der Waals surface area (Å²) in [6, 6.07) is 60.5. The van der Waals surface area contributed by atoms with Crippen molar-refractivity contribution in [2.24, 2.45) is 0 Å². The van der Waals surface area contributed by atoms with Gasteiger partial charge in [0.1, 0.15) is 0 Å². The van der Waals surface area contributed by atoms with Crippen LogP contribution in [0, 0.1) is 0 Å². The summed E-state index contributed by atoms with van der Waals surface area (Å²) in [5.74, 6) is 0. The van der Waals surface area contributed by atoms with Gasteiger partial charge in [-0.3, -0.25) is 0 Å². The first-order valence-corrected chi connectivity index (χ1v) is 17.4. The first-order chi connectivity index (χ1) is 23.9.